The molecule has 154 valence electrons. The predicted octanol–water partition coefficient (Wildman–Crippen LogP) is -0.626. The van der Waals surface area contributed by atoms with Gasteiger partial charge in [-0.2, -0.15) is 5.10 Å². The molecule has 0 bridgehead atoms. The molecule has 1 aromatic heterocycles. The highest BCUT2D eigenvalue weighted by atomic mass is 16.5. The van der Waals surface area contributed by atoms with Gasteiger partial charge in [0.1, 0.15) is 6.42 Å². The second-order valence-electron chi connectivity index (χ2n) is 7.05. The van der Waals surface area contributed by atoms with Crippen LogP contribution in [0.4, 0.5) is 5.69 Å². The van der Waals surface area contributed by atoms with Gasteiger partial charge in [-0.15, -0.1) is 0 Å². The third-order valence-corrected chi connectivity index (χ3v) is 5.10. The number of anilines is 1. The summed E-state index contributed by atoms with van der Waals surface area (Å²) < 4.78 is 6.47. The number of hydrogen-bond acceptors (Lipinski definition) is 5. The molecular formula is C20H26N5O4+. The summed E-state index contributed by atoms with van der Waals surface area (Å²) in [6.45, 7) is 4.82. The fourth-order valence-electron chi connectivity index (χ4n) is 3.56. The molecule has 1 aromatic carbocycles. The molecule has 2 heterocycles. The minimum Gasteiger partial charge on any atom is -0.469 e. The molecule has 29 heavy (non-hydrogen) atoms. The molecule has 3 rings (SSSR count). The third-order valence-electron chi connectivity index (χ3n) is 5.10. The average Bonchev–Trinajstić information content (AvgIpc) is 2.99. The van der Waals surface area contributed by atoms with Crippen molar-refractivity contribution in [1.82, 2.24) is 15.1 Å². The molecule has 1 aliphatic heterocycles. The van der Waals surface area contributed by atoms with E-state index in [0.717, 1.165) is 16.3 Å². The number of carbonyl (C=O) groups is 3. The summed E-state index contributed by atoms with van der Waals surface area (Å²) in [6, 6.07) is 9.03. The van der Waals surface area contributed by atoms with Gasteiger partial charge in [-0.1, -0.05) is 18.2 Å². The van der Waals surface area contributed by atoms with E-state index in [1.807, 2.05) is 44.2 Å². The molecule has 1 unspecified atom stereocenters. The minimum absolute atomic E-state index is 0.0606. The summed E-state index contributed by atoms with van der Waals surface area (Å²) >= 11 is 0. The second-order valence-corrected chi connectivity index (χ2v) is 7.05. The maximum Gasteiger partial charge on any atom is 0.312 e. The van der Waals surface area contributed by atoms with Gasteiger partial charge >= 0.3 is 5.97 Å². The number of aryl methyl sites for hydroxylation is 1. The number of esters is 1. The van der Waals surface area contributed by atoms with Crippen molar-refractivity contribution >= 4 is 23.5 Å². The number of methoxy groups -OCH3 is 1. The quantitative estimate of drug-likeness (QED) is 0.560. The van der Waals surface area contributed by atoms with E-state index in [2.05, 4.69) is 20.5 Å². The van der Waals surface area contributed by atoms with E-state index in [4.69, 9.17) is 0 Å². The topological polar surface area (TPSA) is 107 Å². The molecule has 0 radical (unpaired) electrons. The summed E-state index contributed by atoms with van der Waals surface area (Å²) in [5, 5.41) is 10.2. The number of quaternary nitrogens is 1. The predicted molar refractivity (Wildman–Crippen MR) is 106 cm³/mol. The number of benzene rings is 1. The summed E-state index contributed by atoms with van der Waals surface area (Å²) in [6.07, 6.45) is -0.0606. The van der Waals surface area contributed by atoms with E-state index in [1.165, 1.54) is 7.11 Å². The summed E-state index contributed by atoms with van der Waals surface area (Å²) in [5.74, 6) is -0.946. The monoisotopic (exact) mass is 400 g/mol. The number of ether oxygens (including phenoxy) is 1. The second kappa shape index (κ2) is 8.87. The Hall–Kier alpha value is -3.20. The van der Waals surface area contributed by atoms with E-state index < -0.39 is 12.0 Å². The van der Waals surface area contributed by atoms with Crippen molar-refractivity contribution in [3.63, 3.8) is 0 Å². The first-order chi connectivity index (χ1) is 13.9. The summed E-state index contributed by atoms with van der Waals surface area (Å²) in [7, 11) is 1.28. The van der Waals surface area contributed by atoms with Crippen LogP contribution in [0.5, 0.6) is 0 Å². The van der Waals surface area contributed by atoms with Gasteiger partial charge < -0.3 is 20.3 Å². The molecule has 1 aliphatic rings. The molecule has 3 N–H and O–H groups in total. The van der Waals surface area contributed by atoms with Gasteiger partial charge in [0.05, 0.1) is 43.0 Å². The molecule has 1 saturated heterocycles. The van der Waals surface area contributed by atoms with Gasteiger partial charge in [0.15, 0.2) is 12.6 Å². The lowest BCUT2D eigenvalue weighted by Gasteiger charge is -2.30. The normalized spacial score (nSPS) is 18.8. The van der Waals surface area contributed by atoms with Gasteiger partial charge in [-0.3, -0.25) is 14.4 Å². The van der Waals surface area contributed by atoms with Crippen LogP contribution in [0.15, 0.2) is 30.3 Å². The van der Waals surface area contributed by atoms with Crippen molar-refractivity contribution in [1.29, 1.82) is 0 Å². The zero-order chi connectivity index (χ0) is 21.0. The fraction of sp³-hybridized carbons (Fsp3) is 0.400. The number of para-hydroxylation sites is 1. The molecule has 2 atom stereocenters. The lowest BCUT2D eigenvalue weighted by atomic mass is 10.1. The highest BCUT2D eigenvalue weighted by Gasteiger charge is 2.37. The Morgan fingerprint density at radius 2 is 2.03 bits per heavy atom. The van der Waals surface area contributed by atoms with Crippen LogP contribution in [0.2, 0.25) is 0 Å². The minimum atomic E-state index is -0.642. The van der Waals surface area contributed by atoms with Crippen molar-refractivity contribution in [3.8, 4) is 5.69 Å². The van der Waals surface area contributed by atoms with Crippen LogP contribution in [0, 0.1) is 13.8 Å². The van der Waals surface area contributed by atoms with Gasteiger partial charge in [0.2, 0.25) is 0 Å². The van der Waals surface area contributed by atoms with E-state index in [-0.39, 0.29) is 24.8 Å². The van der Waals surface area contributed by atoms with Gasteiger partial charge in [-0.05, 0) is 26.0 Å². The Balaban J connectivity index is 1.72. The van der Waals surface area contributed by atoms with E-state index in [9.17, 15) is 14.4 Å². The largest absolute Gasteiger partial charge is 0.469 e. The highest BCUT2D eigenvalue weighted by molar-refractivity contribution is 5.93. The SMILES string of the molecule is COC(=O)C[C@H]1C(=O)NCC[NH+]1CC(=O)Nc1c(C)nn(-c2ccccc2)c1C. The van der Waals surface area contributed by atoms with E-state index in [1.54, 1.807) is 4.68 Å². The number of piperazine rings is 1. The number of nitrogens with zero attached hydrogens (tertiary/aromatic N) is 2. The molecule has 0 aliphatic carbocycles. The molecule has 0 saturated carbocycles. The molecule has 9 nitrogen and oxygen atoms in total. The van der Waals surface area contributed by atoms with E-state index in [0.29, 0.717) is 24.5 Å². The zero-order valence-corrected chi connectivity index (χ0v) is 16.8. The molecule has 2 aromatic rings. The average molecular weight is 400 g/mol. The maximum absolute atomic E-state index is 12.7. The Morgan fingerprint density at radius 3 is 2.72 bits per heavy atom. The number of hydrogen-bond donors (Lipinski definition) is 3. The van der Waals surface area contributed by atoms with Crippen molar-refractivity contribution < 1.29 is 24.0 Å². The zero-order valence-electron chi connectivity index (χ0n) is 16.8. The van der Waals surface area contributed by atoms with Crippen molar-refractivity contribution in [3.05, 3.63) is 41.7 Å². The van der Waals surface area contributed by atoms with Gasteiger partial charge in [0.25, 0.3) is 11.8 Å². The smallest absolute Gasteiger partial charge is 0.312 e. The van der Waals surface area contributed by atoms with Crippen LogP contribution >= 0.6 is 0 Å². The van der Waals surface area contributed by atoms with Crippen LogP contribution in [0.1, 0.15) is 17.8 Å². The van der Waals surface area contributed by atoms with Crippen molar-refractivity contribution in [2.75, 3.05) is 32.1 Å². The number of nitrogens with one attached hydrogen (secondary N) is 3. The van der Waals surface area contributed by atoms with Crippen LogP contribution in [0.25, 0.3) is 5.69 Å². The standard InChI is InChI=1S/C20H25N5O4/c1-13-19(14(2)25(23-13)15-7-5-4-6-8-15)22-17(26)12-24-10-9-21-20(28)16(24)11-18(27)29-3/h4-8,16H,9-12H2,1-3H3,(H,21,28)(H,22,26)/p+1/t16-/m0/s1. The van der Waals surface area contributed by atoms with Crippen molar-refractivity contribution in [2.24, 2.45) is 0 Å². The van der Waals surface area contributed by atoms with Crippen LogP contribution < -0.4 is 15.5 Å². The Kier molecular flexibility index (Phi) is 6.28. The summed E-state index contributed by atoms with van der Waals surface area (Å²) in [5.41, 5.74) is 3.09. The van der Waals surface area contributed by atoms with Crippen LogP contribution in [-0.4, -0.2) is 60.4 Å². The lowest BCUT2D eigenvalue weighted by molar-refractivity contribution is -0.909. The molecule has 2 amide bonds. The maximum atomic E-state index is 12.7. The highest BCUT2D eigenvalue weighted by Crippen LogP contribution is 2.22. The number of rotatable bonds is 6. The molecule has 9 heteroatoms. The Labute approximate surface area is 169 Å². The van der Waals surface area contributed by atoms with Gasteiger partial charge in [-0.25, -0.2) is 4.68 Å². The van der Waals surface area contributed by atoms with E-state index >= 15 is 0 Å². The number of carbonyl (C=O) groups excluding carboxylic acids is 3. The molecule has 0 spiro atoms. The van der Waals surface area contributed by atoms with Crippen LogP contribution in [0.3, 0.4) is 0 Å². The lowest BCUT2D eigenvalue weighted by Crippen LogP contribution is -3.20. The third kappa shape index (κ3) is 4.62. The first-order valence-corrected chi connectivity index (χ1v) is 9.51. The van der Waals surface area contributed by atoms with Crippen molar-refractivity contribution in [2.45, 2.75) is 26.3 Å². The van der Waals surface area contributed by atoms with Crippen LogP contribution in [-0.2, 0) is 19.1 Å². The Bertz CT molecular complexity index is 909. The van der Waals surface area contributed by atoms with Gasteiger partial charge in [0, 0.05) is 0 Å². The Morgan fingerprint density at radius 1 is 1.31 bits per heavy atom. The summed E-state index contributed by atoms with van der Waals surface area (Å²) in [4.78, 5) is 37.3. The first-order valence-electron chi connectivity index (χ1n) is 9.51. The fourth-order valence-corrected chi connectivity index (χ4v) is 3.56. The number of amides is 2. The number of aromatic nitrogens is 2. The first kappa shape index (κ1) is 20.5. The molecular weight excluding hydrogens is 374 g/mol. The molecule has 1 fully saturated rings.